The molecular formula is C17H14N4O3. The third-order valence-electron chi connectivity index (χ3n) is 4.09. The quantitative estimate of drug-likeness (QED) is 0.683. The second-order valence-electron chi connectivity index (χ2n) is 5.41. The number of carbonyl (C=O) groups is 1. The van der Waals surface area contributed by atoms with E-state index in [1.807, 2.05) is 13.8 Å². The van der Waals surface area contributed by atoms with Crippen molar-refractivity contribution < 1.29 is 9.90 Å². The van der Waals surface area contributed by atoms with E-state index in [0.29, 0.717) is 39.8 Å². The Morgan fingerprint density at radius 3 is 2.83 bits per heavy atom. The Balaban J connectivity index is 2.34. The van der Waals surface area contributed by atoms with Crippen molar-refractivity contribution in [2.75, 3.05) is 0 Å². The Morgan fingerprint density at radius 1 is 1.46 bits per heavy atom. The molecule has 3 aromatic rings. The van der Waals surface area contributed by atoms with Crippen molar-refractivity contribution in [3.63, 3.8) is 0 Å². The van der Waals surface area contributed by atoms with Crippen LogP contribution in [0.15, 0.2) is 23.3 Å². The second-order valence-corrected chi connectivity index (χ2v) is 5.41. The van der Waals surface area contributed by atoms with Gasteiger partial charge < -0.3 is 15.1 Å². The van der Waals surface area contributed by atoms with Crippen molar-refractivity contribution in [2.45, 2.75) is 20.3 Å². The lowest BCUT2D eigenvalue weighted by molar-refractivity contribution is 0.0695. The Labute approximate surface area is 136 Å². The van der Waals surface area contributed by atoms with Gasteiger partial charge in [0.25, 0.3) is 5.56 Å². The van der Waals surface area contributed by atoms with Gasteiger partial charge in [-0.25, -0.2) is 9.78 Å². The Kier molecular flexibility index (Phi) is 3.66. The zero-order valence-corrected chi connectivity index (χ0v) is 13.1. The van der Waals surface area contributed by atoms with Crippen molar-refractivity contribution in [1.29, 1.82) is 5.26 Å². The summed E-state index contributed by atoms with van der Waals surface area (Å²) < 4.78 is 0. The molecule has 0 saturated heterocycles. The molecule has 0 spiro atoms. The van der Waals surface area contributed by atoms with Crippen LogP contribution in [0.3, 0.4) is 0 Å². The molecule has 0 aliphatic carbocycles. The minimum atomic E-state index is -1.26. The van der Waals surface area contributed by atoms with Gasteiger partial charge >= 0.3 is 5.97 Å². The maximum atomic E-state index is 12.1. The molecule has 0 fully saturated rings. The lowest BCUT2D eigenvalue weighted by atomic mass is 9.98. The molecule has 120 valence electrons. The highest BCUT2D eigenvalue weighted by atomic mass is 16.4. The number of carboxylic acid groups (broad SMARTS) is 1. The van der Waals surface area contributed by atoms with Gasteiger partial charge in [0.2, 0.25) is 0 Å². The average Bonchev–Trinajstić information content (AvgIpc) is 2.98. The molecule has 0 atom stereocenters. The molecule has 3 aromatic heterocycles. The molecule has 0 aliphatic rings. The summed E-state index contributed by atoms with van der Waals surface area (Å²) in [5, 5.41) is 19.0. The third kappa shape index (κ3) is 2.25. The Morgan fingerprint density at radius 2 is 2.21 bits per heavy atom. The molecule has 0 bridgehead atoms. The lowest BCUT2D eigenvalue weighted by Crippen LogP contribution is -2.19. The van der Waals surface area contributed by atoms with Crippen LogP contribution in [0, 0.1) is 18.3 Å². The van der Waals surface area contributed by atoms with Crippen molar-refractivity contribution in [1.82, 2.24) is 15.0 Å². The standard InChI is InChI=1S/C17H14N4O3/c1-3-9-4-11(17(23)24)16(22)21-14(9)12-7-20-15-13(8(12)2)10(5-18)6-19-15/h4,6-7H,3H2,1-2H3,(H,19,20)(H,21,22)(H,23,24). The van der Waals surface area contributed by atoms with Crippen LogP contribution in [-0.4, -0.2) is 26.0 Å². The summed E-state index contributed by atoms with van der Waals surface area (Å²) in [6.07, 6.45) is 3.74. The van der Waals surface area contributed by atoms with Crippen molar-refractivity contribution >= 4 is 17.0 Å². The first-order chi connectivity index (χ1) is 11.5. The molecule has 0 aliphatic heterocycles. The number of hydrogen-bond donors (Lipinski definition) is 3. The average molecular weight is 322 g/mol. The topological polar surface area (TPSA) is 123 Å². The first-order valence-corrected chi connectivity index (χ1v) is 7.34. The van der Waals surface area contributed by atoms with E-state index in [1.165, 1.54) is 6.07 Å². The van der Waals surface area contributed by atoms with Gasteiger partial charge in [0.05, 0.1) is 11.3 Å². The summed E-state index contributed by atoms with van der Waals surface area (Å²) >= 11 is 0. The second kappa shape index (κ2) is 5.66. The zero-order valence-electron chi connectivity index (χ0n) is 13.1. The molecule has 24 heavy (non-hydrogen) atoms. The van der Waals surface area contributed by atoms with E-state index >= 15 is 0 Å². The minimum Gasteiger partial charge on any atom is -0.477 e. The SMILES string of the molecule is CCc1cc(C(=O)O)c(=O)[nH]c1-c1cnc2[nH]cc(C#N)c2c1C. The molecule has 0 amide bonds. The highest BCUT2D eigenvalue weighted by Crippen LogP contribution is 2.30. The molecule has 3 N–H and O–H groups in total. The molecule has 7 nitrogen and oxygen atoms in total. The molecule has 0 radical (unpaired) electrons. The fraction of sp³-hybridized carbons (Fsp3) is 0.176. The van der Waals surface area contributed by atoms with E-state index in [0.717, 1.165) is 5.56 Å². The monoisotopic (exact) mass is 322 g/mol. The van der Waals surface area contributed by atoms with Crippen LogP contribution in [0.4, 0.5) is 0 Å². The van der Waals surface area contributed by atoms with E-state index in [2.05, 4.69) is 21.0 Å². The number of pyridine rings is 2. The molecule has 0 saturated carbocycles. The van der Waals surface area contributed by atoms with Crippen LogP contribution in [0.5, 0.6) is 0 Å². The number of rotatable bonds is 3. The van der Waals surface area contributed by atoms with Gasteiger partial charge in [0.1, 0.15) is 17.3 Å². The van der Waals surface area contributed by atoms with E-state index in [9.17, 15) is 14.9 Å². The Hall–Kier alpha value is -3.40. The van der Waals surface area contributed by atoms with Gasteiger partial charge in [-0.1, -0.05) is 6.92 Å². The molecule has 3 heterocycles. The van der Waals surface area contributed by atoms with Crippen LogP contribution in [0.1, 0.15) is 34.0 Å². The number of aromatic carboxylic acids is 1. The van der Waals surface area contributed by atoms with Crippen LogP contribution < -0.4 is 5.56 Å². The molecule has 0 aromatic carbocycles. The Bertz CT molecular complexity index is 1070. The van der Waals surface area contributed by atoms with Gasteiger partial charge in [0, 0.05) is 23.3 Å². The number of fused-ring (bicyclic) bond motifs is 1. The maximum Gasteiger partial charge on any atom is 0.341 e. The third-order valence-corrected chi connectivity index (χ3v) is 4.09. The van der Waals surface area contributed by atoms with Crippen LogP contribution in [-0.2, 0) is 6.42 Å². The van der Waals surface area contributed by atoms with Gasteiger partial charge in [-0.15, -0.1) is 0 Å². The summed E-state index contributed by atoms with van der Waals surface area (Å²) in [5.41, 5.74) is 2.81. The molecule has 0 unspecified atom stereocenters. The summed E-state index contributed by atoms with van der Waals surface area (Å²) in [7, 11) is 0. The fourth-order valence-corrected chi connectivity index (χ4v) is 2.85. The predicted octanol–water partition coefficient (Wildman–Crippen LogP) is 2.36. The lowest BCUT2D eigenvalue weighted by Gasteiger charge is -2.12. The number of hydrogen-bond acceptors (Lipinski definition) is 4. The van der Waals surface area contributed by atoms with E-state index in [-0.39, 0.29) is 5.56 Å². The zero-order chi connectivity index (χ0) is 17.4. The number of aryl methyl sites for hydroxylation is 2. The summed E-state index contributed by atoms with van der Waals surface area (Å²) in [4.78, 5) is 33.1. The van der Waals surface area contributed by atoms with E-state index in [4.69, 9.17) is 5.11 Å². The van der Waals surface area contributed by atoms with Crippen LogP contribution in [0.2, 0.25) is 0 Å². The first-order valence-electron chi connectivity index (χ1n) is 7.34. The number of nitriles is 1. The molecule has 3 rings (SSSR count). The minimum absolute atomic E-state index is 0.290. The number of nitrogens with zero attached hydrogens (tertiary/aromatic N) is 2. The largest absolute Gasteiger partial charge is 0.477 e. The van der Waals surface area contributed by atoms with Gasteiger partial charge in [-0.3, -0.25) is 4.79 Å². The molecular weight excluding hydrogens is 308 g/mol. The predicted molar refractivity (Wildman–Crippen MR) is 87.9 cm³/mol. The number of H-pyrrole nitrogens is 2. The highest BCUT2D eigenvalue weighted by molar-refractivity contribution is 5.92. The van der Waals surface area contributed by atoms with Crippen molar-refractivity contribution in [2.24, 2.45) is 0 Å². The van der Waals surface area contributed by atoms with Gasteiger partial charge in [-0.2, -0.15) is 5.26 Å². The number of nitrogens with one attached hydrogen (secondary N) is 2. The maximum absolute atomic E-state index is 12.1. The fourth-order valence-electron chi connectivity index (χ4n) is 2.85. The number of aromatic amines is 2. The highest BCUT2D eigenvalue weighted by Gasteiger charge is 2.18. The first kappa shape index (κ1) is 15.5. The summed E-state index contributed by atoms with van der Waals surface area (Å²) in [6, 6.07) is 3.50. The van der Waals surface area contributed by atoms with Gasteiger partial charge in [-0.05, 0) is 30.5 Å². The van der Waals surface area contributed by atoms with E-state index in [1.54, 1.807) is 12.4 Å². The smallest absolute Gasteiger partial charge is 0.341 e. The molecule has 7 heteroatoms. The van der Waals surface area contributed by atoms with Gasteiger partial charge in [0.15, 0.2) is 0 Å². The number of aromatic nitrogens is 3. The normalized spacial score (nSPS) is 10.7. The number of carboxylic acids is 1. The van der Waals surface area contributed by atoms with Crippen molar-refractivity contribution in [3.8, 4) is 17.3 Å². The van der Waals surface area contributed by atoms with E-state index < -0.39 is 11.5 Å². The van der Waals surface area contributed by atoms with Crippen molar-refractivity contribution in [3.05, 3.63) is 51.1 Å². The summed E-state index contributed by atoms with van der Waals surface area (Å²) in [5.74, 6) is -1.26. The van der Waals surface area contributed by atoms with Crippen LogP contribution >= 0.6 is 0 Å². The summed E-state index contributed by atoms with van der Waals surface area (Å²) in [6.45, 7) is 3.72. The van der Waals surface area contributed by atoms with Crippen LogP contribution in [0.25, 0.3) is 22.3 Å².